The zero-order chi connectivity index (χ0) is 13.0. The van der Waals surface area contributed by atoms with Gasteiger partial charge in [0.1, 0.15) is 0 Å². The van der Waals surface area contributed by atoms with Crippen LogP contribution in [-0.4, -0.2) is 20.6 Å². The maximum Gasteiger partial charge on any atom is 0.0361 e. The van der Waals surface area contributed by atoms with Gasteiger partial charge in [0.25, 0.3) is 0 Å². The summed E-state index contributed by atoms with van der Waals surface area (Å²) in [7, 11) is 4.16. The van der Waals surface area contributed by atoms with E-state index in [9.17, 15) is 0 Å². The summed E-state index contributed by atoms with van der Waals surface area (Å²) in [6.07, 6.45) is 4.25. The van der Waals surface area contributed by atoms with Crippen molar-refractivity contribution in [2.45, 2.75) is 32.7 Å². The normalized spacial score (nSPS) is 23.3. The number of hydrogen-bond donors (Lipinski definition) is 1. The van der Waals surface area contributed by atoms with E-state index in [4.69, 9.17) is 0 Å². The van der Waals surface area contributed by atoms with Crippen LogP contribution < -0.4 is 10.2 Å². The Bertz CT molecular complexity index is 356. The lowest BCUT2D eigenvalue weighted by atomic mass is 9.98. The summed E-state index contributed by atoms with van der Waals surface area (Å²) in [5.74, 6) is 1.81. The number of nitrogens with zero attached hydrogens (tertiary/aromatic N) is 1. The van der Waals surface area contributed by atoms with Crippen molar-refractivity contribution in [2.75, 3.05) is 25.5 Å². The van der Waals surface area contributed by atoms with Crippen molar-refractivity contribution in [3.63, 3.8) is 0 Å². The molecule has 0 heterocycles. The van der Waals surface area contributed by atoms with Gasteiger partial charge in [0, 0.05) is 26.3 Å². The zero-order valence-electron chi connectivity index (χ0n) is 11.9. The highest BCUT2D eigenvalue weighted by molar-refractivity contribution is 5.45. The van der Waals surface area contributed by atoms with Crippen molar-refractivity contribution < 1.29 is 0 Å². The third-order valence-electron chi connectivity index (χ3n) is 4.23. The average molecular weight is 246 g/mol. The Morgan fingerprint density at radius 3 is 2.44 bits per heavy atom. The largest absolute Gasteiger partial charge is 0.378 e. The Kier molecular flexibility index (Phi) is 4.65. The molecule has 1 aliphatic rings. The summed E-state index contributed by atoms with van der Waals surface area (Å²) < 4.78 is 0. The molecule has 0 saturated heterocycles. The van der Waals surface area contributed by atoms with E-state index in [1.165, 1.54) is 37.1 Å². The van der Waals surface area contributed by atoms with Crippen molar-refractivity contribution >= 4 is 5.69 Å². The second-order valence-corrected chi connectivity index (χ2v) is 5.86. The molecule has 100 valence electrons. The molecule has 1 aliphatic carbocycles. The van der Waals surface area contributed by atoms with Gasteiger partial charge in [-0.25, -0.2) is 0 Å². The third kappa shape index (κ3) is 3.49. The van der Waals surface area contributed by atoms with E-state index >= 15 is 0 Å². The third-order valence-corrected chi connectivity index (χ3v) is 4.23. The van der Waals surface area contributed by atoms with E-state index in [0.717, 1.165) is 18.4 Å². The molecule has 1 aromatic rings. The molecule has 18 heavy (non-hydrogen) atoms. The minimum atomic E-state index is 0.894. The number of rotatable bonds is 5. The Morgan fingerprint density at radius 1 is 1.17 bits per heavy atom. The fourth-order valence-corrected chi connectivity index (χ4v) is 2.84. The van der Waals surface area contributed by atoms with Gasteiger partial charge in [-0.15, -0.1) is 0 Å². The molecule has 0 bridgehead atoms. The van der Waals surface area contributed by atoms with E-state index in [-0.39, 0.29) is 0 Å². The van der Waals surface area contributed by atoms with Crippen molar-refractivity contribution in [2.24, 2.45) is 11.8 Å². The summed E-state index contributed by atoms with van der Waals surface area (Å²) in [4.78, 5) is 2.14. The molecule has 2 nitrogen and oxygen atoms in total. The van der Waals surface area contributed by atoms with Crippen LogP contribution in [0.5, 0.6) is 0 Å². The van der Waals surface area contributed by atoms with Crippen LogP contribution in [0.1, 0.15) is 31.7 Å². The molecule has 0 radical (unpaired) electrons. The fourth-order valence-electron chi connectivity index (χ4n) is 2.84. The average Bonchev–Trinajstić information content (AvgIpc) is 2.76. The first-order valence-electron chi connectivity index (χ1n) is 7.14. The van der Waals surface area contributed by atoms with Gasteiger partial charge in [-0.1, -0.05) is 31.9 Å². The first-order chi connectivity index (χ1) is 8.66. The van der Waals surface area contributed by atoms with Gasteiger partial charge in [-0.3, -0.25) is 0 Å². The van der Waals surface area contributed by atoms with Gasteiger partial charge < -0.3 is 10.2 Å². The van der Waals surface area contributed by atoms with Crippen LogP contribution in [-0.2, 0) is 6.54 Å². The first kappa shape index (κ1) is 13.4. The molecule has 1 N–H and O–H groups in total. The van der Waals surface area contributed by atoms with Gasteiger partial charge in [0.15, 0.2) is 0 Å². The molecule has 2 atom stereocenters. The Hall–Kier alpha value is -1.02. The van der Waals surface area contributed by atoms with Crippen molar-refractivity contribution in [1.29, 1.82) is 0 Å². The molecule has 2 heteroatoms. The minimum absolute atomic E-state index is 0.894. The summed E-state index contributed by atoms with van der Waals surface area (Å²) >= 11 is 0. The van der Waals surface area contributed by atoms with Crippen LogP contribution in [0.15, 0.2) is 24.3 Å². The Labute approximate surface area is 111 Å². The van der Waals surface area contributed by atoms with E-state index in [2.05, 4.69) is 55.5 Å². The highest BCUT2D eigenvalue weighted by atomic mass is 15.1. The lowest BCUT2D eigenvalue weighted by Crippen LogP contribution is -2.23. The Balaban J connectivity index is 1.76. The van der Waals surface area contributed by atoms with E-state index < -0.39 is 0 Å². The molecule has 2 unspecified atom stereocenters. The molecular formula is C16H26N2. The smallest absolute Gasteiger partial charge is 0.0361 e. The first-order valence-corrected chi connectivity index (χ1v) is 7.14. The summed E-state index contributed by atoms with van der Waals surface area (Å²) in [6.45, 7) is 4.57. The highest BCUT2D eigenvalue weighted by Gasteiger charge is 2.22. The molecular weight excluding hydrogens is 220 g/mol. The predicted molar refractivity (Wildman–Crippen MR) is 79.0 cm³/mol. The van der Waals surface area contributed by atoms with Crippen LogP contribution in [0.4, 0.5) is 5.69 Å². The quantitative estimate of drug-likeness (QED) is 0.857. The fraction of sp³-hybridized carbons (Fsp3) is 0.625. The van der Waals surface area contributed by atoms with E-state index in [1.54, 1.807) is 0 Å². The minimum Gasteiger partial charge on any atom is -0.378 e. The van der Waals surface area contributed by atoms with Crippen LogP contribution >= 0.6 is 0 Å². The predicted octanol–water partition coefficient (Wildman–Crippen LogP) is 3.28. The monoisotopic (exact) mass is 246 g/mol. The summed E-state index contributed by atoms with van der Waals surface area (Å²) in [5, 5.41) is 3.61. The molecule has 0 aromatic heterocycles. The summed E-state index contributed by atoms with van der Waals surface area (Å²) in [5.41, 5.74) is 2.65. The zero-order valence-corrected chi connectivity index (χ0v) is 11.9. The lowest BCUT2D eigenvalue weighted by Gasteiger charge is -2.16. The standard InChI is InChI=1S/C16H26N2/c1-13-5-4-6-15(13)12-17-11-14-7-9-16(10-8-14)18(2)3/h7-10,13,15,17H,4-6,11-12H2,1-3H3. The van der Waals surface area contributed by atoms with Gasteiger partial charge >= 0.3 is 0 Å². The highest BCUT2D eigenvalue weighted by Crippen LogP contribution is 2.30. The second kappa shape index (κ2) is 6.24. The molecule has 2 rings (SSSR count). The second-order valence-electron chi connectivity index (χ2n) is 5.86. The van der Waals surface area contributed by atoms with E-state index in [1.807, 2.05) is 0 Å². The topological polar surface area (TPSA) is 15.3 Å². The van der Waals surface area contributed by atoms with Gasteiger partial charge in [0.2, 0.25) is 0 Å². The molecule has 1 fully saturated rings. The number of anilines is 1. The SMILES string of the molecule is CC1CCCC1CNCc1ccc(N(C)C)cc1. The van der Waals surface area contributed by atoms with Crippen LogP contribution in [0.2, 0.25) is 0 Å². The van der Waals surface area contributed by atoms with E-state index in [0.29, 0.717) is 0 Å². The van der Waals surface area contributed by atoms with Gasteiger partial charge in [-0.05, 0) is 42.5 Å². The number of hydrogen-bond acceptors (Lipinski definition) is 2. The van der Waals surface area contributed by atoms with Gasteiger partial charge in [0.05, 0.1) is 0 Å². The van der Waals surface area contributed by atoms with Crippen molar-refractivity contribution in [3.05, 3.63) is 29.8 Å². The number of nitrogens with one attached hydrogen (secondary N) is 1. The molecule has 1 saturated carbocycles. The van der Waals surface area contributed by atoms with Crippen molar-refractivity contribution in [1.82, 2.24) is 5.32 Å². The maximum absolute atomic E-state index is 3.61. The van der Waals surface area contributed by atoms with Gasteiger partial charge in [-0.2, -0.15) is 0 Å². The summed E-state index contributed by atoms with van der Waals surface area (Å²) in [6, 6.07) is 8.82. The molecule has 1 aromatic carbocycles. The van der Waals surface area contributed by atoms with Crippen LogP contribution in [0.25, 0.3) is 0 Å². The number of benzene rings is 1. The van der Waals surface area contributed by atoms with Crippen molar-refractivity contribution in [3.8, 4) is 0 Å². The van der Waals surface area contributed by atoms with Crippen LogP contribution in [0.3, 0.4) is 0 Å². The Morgan fingerprint density at radius 2 is 1.89 bits per heavy atom. The van der Waals surface area contributed by atoms with Crippen LogP contribution in [0, 0.1) is 11.8 Å². The lowest BCUT2D eigenvalue weighted by molar-refractivity contribution is 0.392. The molecule has 0 spiro atoms. The maximum atomic E-state index is 3.61. The molecule has 0 amide bonds. The molecule has 0 aliphatic heterocycles.